The molecular formula is C18H15ClN2O2. The van der Waals surface area contributed by atoms with Gasteiger partial charge in [-0.05, 0) is 36.8 Å². The van der Waals surface area contributed by atoms with Gasteiger partial charge in [0.25, 0.3) is 5.91 Å². The van der Waals surface area contributed by atoms with E-state index in [2.05, 4.69) is 16.4 Å². The zero-order valence-electron chi connectivity index (χ0n) is 12.5. The molecule has 2 aromatic rings. The van der Waals surface area contributed by atoms with Gasteiger partial charge in [0.05, 0.1) is 6.21 Å². The molecular weight excluding hydrogens is 312 g/mol. The van der Waals surface area contributed by atoms with E-state index in [1.54, 1.807) is 30.3 Å². The molecule has 0 atom stereocenters. The van der Waals surface area contributed by atoms with E-state index in [1.165, 1.54) is 6.21 Å². The van der Waals surface area contributed by atoms with Crippen molar-refractivity contribution in [1.82, 2.24) is 5.43 Å². The lowest BCUT2D eigenvalue weighted by molar-refractivity contribution is 0.0954. The monoisotopic (exact) mass is 326 g/mol. The summed E-state index contributed by atoms with van der Waals surface area (Å²) in [5.41, 5.74) is 4.55. The van der Waals surface area contributed by atoms with Crippen LogP contribution in [0.5, 0.6) is 5.75 Å². The molecule has 1 amide bonds. The topological polar surface area (TPSA) is 50.7 Å². The molecule has 0 saturated carbocycles. The SMILES string of the molecule is C#CCOc1ccc(Cl)cc1/C=N/NC(=O)c1ccccc1C. The normalized spacial score (nSPS) is 10.3. The van der Waals surface area contributed by atoms with Crippen LogP contribution in [0.25, 0.3) is 0 Å². The zero-order chi connectivity index (χ0) is 16.7. The molecule has 0 heterocycles. The lowest BCUT2D eigenvalue weighted by Crippen LogP contribution is -2.18. The maximum absolute atomic E-state index is 12.1. The first-order valence-corrected chi connectivity index (χ1v) is 7.24. The van der Waals surface area contributed by atoms with Crippen LogP contribution in [0.3, 0.4) is 0 Å². The first kappa shape index (κ1) is 16.6. The van der Waals surface area contributed by atoms with Gasteiger partial charge in [0.1, 0.15) is 12.4 Å². The second-order valence-corrected chi connectivity index (χ2v) is 5.13. The third kappa shape index (κ3) is 4.60. The zero-order valence-corrected chi connectivity index (χ0v) is 13.3. The predicted molar refractivity (Wildman–Crippen MR) is 92.0 cm³/mol. The van der Waals surface area contributed by atoms with Crippen LogP contribution in [0.15, 0.2) is 47.6 Å². The van der Waals surface area contributed by atoms with Crippen molar-refractivity contribution >= 4 is 23.7 Å². The number of benzene rings is 2. The molecule has 0 unspecified atom stereocenters. The Bertz CT molecular complexity index is 779. The molecule has 0 aliphatic rings. The highest BCUT2D eigenvalue weighted by molar-refractivity contribution is 6.30. The average molecular weight is 327 g/mol. The van der Waals surface area contributed by atoms with Crippen LogP contribution in [-0.4, -0.2) is 18.7 Å². The van der Waals surface area contributed by atoms with Crippen LogP contribution in [0.1, 0.15) is 21.5 Å². The second kappa shape index (κ2) is 8.02. The van der Waals surface area contributed by atoms with Crippen molar-refractivity contribution in [2.24, 2.45) is 5.10 Å². The van der Waals surface area contributed by atoms with Gasteiger partial charge in [0.2, 0.25) is 0 Å². The molecule has 116 valence electrons. The summed E-state index contributed by atoms with van der Waals surface area (Å²) in [6.45, 7) is 2.00. The fourth-order valence-electron chi connectivity index (χ4n) is 1.92. The van der Waals surface area contributed by atoms with Crippen molar-refractivity contribution in [3.8, 4) is 18.1 Å². The molecule has 0 aromatic heterocycles. The first-order chi connectivity index (χ1) is 11.1. The minimum Gasteiger partial charge on any atom is -0.480 e. The number of carbonyl (C=O) groups is 1. The maximum atomic E-state index is 12.1. The summed E-state index contributed by atoms with van der Waals surface area (Å²) >= 11 is 5.96. The third-order valence-electron chi connectivity index (χ3n) is 3.04. The Kier molecular flexibility index (Phi) is 5.79. The molecule has 4 nitrogen and oxygen atoms in total. The highest BCUT2D eigenvalue weighted by Crippen LogP contribution is 2.21. The Morgan fingerprint density at radius 1 is 1.39 bits per heavy atom. The fourth-order valence-corrected chi connectivity index (χ4v) is 2.10. The van der Waals surface area contributed by atoms with Gasteiger partial charge in [0, 0.05) is 16.1 Å². The molecule has 0 aliphatic heterocycles. The van der Waals surface area contributed by atoms with E-state index in [0.29, 0.717) is 21.9 Å². The average Bonchev–Trinajstić information content (AvgIpc) is 2.54. The van der Waals surface area contributed by atoms with E-state index in [0.717, 1.165) is 5.56 Å². The van der Waals surface area contributed by atoms with E-state index < -0.39 is 0 Å². The number of amides is 1. The summed E-state index contributed by atoms with van der Waals surface area (Å²) in [4.78, 5) is 12.1. The number of nitrogens with one attached hydrogen (secondary N) is 1. The molecule has 0 fully saturated rings. The van der Waals surface area contributed by atoms with Crippen molar-refractivity contribution in [2.75, 3.05) is 6.61 Å². The molecule has 23 heavy (non-hydrogen) atoms. The predicted octanol–water partition coefficient (Wildman–Crippen LogP) is 3.42. The number of rotatable bonds is 5. The molecule has 2 aromatic carbocycles. The van der Waals surface area contributed by atoms with Crippen LogP contribution < -0.4 is 10.2 Å². The highest BCUT2D eigenvalue weighted by atomic mass is 35.5. The number of aryl methyl sites for hydroxylation is 1. The van der Waals surface area contributed by atoms with E-state index in [1.807, 2.05) is 19.1 Å². The number of halogens is 1. The van der Waals surface area contributed by atoms with Crippen LogP contribution in [0.4, 0.5) is 0 Å². The Morgan fingerprint density at radius 2 is 2.17 bits per heavy atom. The highest BCUT2D eigenvalue weighted by Gasteiger charge is 2.07. The van der Waals surface area contributed by atoms with Gasteiger partial charge in [-0.15, -0.1) is 6.42 Å². The Hall–Kier alpha value is -2.77. The molecule has 0 radical (unpaired) electrons. The summed E-state index contributed by atoms with van der Waals surface area (Å²) in [5, 5.41) is 4.49. The van der Waals surface area contributed by atoms with Crippen molar-refractivity contribution in [3.63, 3.8) is 0 Å². The Labute approximate surface area is 140 Å². The van der Waals surface area contributed by atoms with Gasteiger partial charge in [-0.1, -0.05) is 35.7 Å². The van der Waals surface area contributed by atoms with E-state index in [9.17, 15) is 4.79 Å². The quantitative estimate of drug-likeness (QED) is 0.520. The number of hydrogen-bond acceptors (Lipinski definition) is 3. The van der Waals surface area contributed by atoms with Crippen molar-refractivity contribution in [1.29, 1.82) is 0 Å². The van der Waals surface area contributed by atoms with Crippen LogP contribution in [-0.2, 0) is 0 Å². The van der Waals surface area contributed by atoms with Crippen LogP contribution in [0, 0.1) is 19.3 Å². The summed E-state index contributed by atoms with van der Waals surface area (Å²) < 4.78 is 5.40. The number of carbonyl (C=O) groups excluding carboxylic acids is 1. The second-order valence-electron chi connectivity index (χ2n) is 4.69. The Morgan fingerprint density at radius 3 is 2.91 bits per heavy atom. The van der Waals surface area contributed by atoms with Gasteiger partial charge in [-0.25, -0.2) is 5.43 Å². The lowest BCUT2D eigenvalue weighted by atomic mass is 10.1. The number of terminal acetylenes is 1. The van der Waals surface area contributed by atoms with E-state index in [4.69, 9.17) is 22.8 Å². The van der Waals surface area contributed by atoms with Gasteiger partial charge >= 0.3 is 0 Å². The largest absolute Gasteiger partial charge is 0.480 e. The first-order valence-electron chi connectivity index (χ1n) is 6.86. The Balaban J connectivity index is 2.11. The van der Waals surface area contributed by atoms with Crippen molar-refractivity contribution < 1.29 is 9.53 Å². The summed E-state index contributed by atoms with van der Waals surface area (Å²) in [6, 6.07) is 12.3. The van der Waals surface area contributed by atoms with Gasteiger partial charge in [-0.3, -0.25) is 4.79 Å². The summed E-state index contributed by atoms with van der Waals surface area (Å²) in [7, 11) is 0. The van der Waals surface area contributed by atoms with E-state index >= 15 is 0 Å². The van der Waals surface area contributed by atoms with Crippen LogP contribution >= 0.6 is 11.6 Å². The molecule has 0 spiro atoms. The maximum Gasteiger partial charge on any atom is 0.271 e. The third-order valence-corrected chi connectivity index (χ3v) is 3.28. The lowest BCUT2D eigenvalue weighted by Gasteiger charge is -2.07. The molecule has 0 aliphatic carbocycles. The summed E-state index contributed by atoms with van der Waals surface area (Å²) in [6.07, 6.45) is 6.65. The minimum absolute atomic E-state index is 0.137. The number of nitrogens with zero attached hydrogens (tertiary/aromatic N) is 1. The minimum atomic E-state index is -0.285. The number of ether oxygens (including phenoxy) is 1. The molecule has 2 rings (SSSR count). The number of hydrazone groups is 1. The van der Waals surface area contributed by atoms with Gasteiger partial charge < -0.3 is 4.74 Å². The van der Waals surface area contributed by atoms with Crippen molar-refractivity contribution in [3.05, 3.63) is 64.2 Å². The van der Waals surface area contributed by atoms with Crippen molar-refractivity contribution in [2.45, 2.75) is 6.92 Å². The van der Waals surface area contributed by atoms with Gasteiger partial charge in [-0.2, -0.15) is 5.10 Å². The molecule has 0 saturated heterocycles. The van der Waals surface area contributed by atoms with Crippen LogP contribution in [0.2, 0.25) is 5.02 Å². The fraction of sp³-hybridized carbons (Fsp3) is 0.111. The van der Waals surface area contributed by atoms with E-state index in [-0.39, 0.29) is 12.5 Å². The summed E-state index contributed by atoms with van der Waals surface area (Å²) in [5.74, 6) is 2.65. The van der Waals surface area contributed by atoms with Gasteiger partial charge in [0.15, 0.2) is 0 Å². The molecule has 5 heteroatoms. The number of hydrogen-bond donors (Lipinski definition) is 1. The molecule has 0 bridgehead atoms. The molecule has 1 N–H and O–H groups in total. The smallest absolute Gasteiger partial charge is 0.271 e. The standard InChI is InChI=1S/C18H15ClN2O2/c1-3-10-23-17-9-8-15(19)11-14(17)12-20-21-18(22)16-7-5-4-6-13(16)2/h1,4-9,11-12H,10H2,2H3,(H,21,22)/b20-12+.